The van der Waals surface area contributed by atoms with Gasteiger partial charge in [0.15, 0.2) is 6.04 Å². The largest absolute Gasteiger partial charge is 0.480 e. The van der Waals surface area contributed by atoms with E-state index < -0.39 is 17.7 Å². The lowest BCUT2D eigenvalue weighted by atomic mass is 9.97. The number of rotatable bonds is 3. The summed E-state index contributed by atoms with van der Waals surface area (Å²) in [4.78, 5) is 28.1. The molecule has 6 nitrogen and oxygen atoms in total. The summed E-state index contributed by atoms with van der Waals surface area (Å²) < 4.78 is 5.87. The Morgan fingerprint density at radius 1 is 1.26 bits per heavy atom. The van der Waals surface area contributed by atoms with E-state index in [1.807, 2.05) is 37.4 Å². The van der Waals surface area contributed by atoms with E-state index in [0.717, 1.165) is 18.7 Å². The predicted molar refractivity (Wildman–Crippen MR) is 83.8 cm³/mol. The van der Waals surface area contributed by atoms with Crippen LogP contribution in [0.2, 0.25) is 0 Å². The van der Waals surface area contributed by atoms with Crippen LogP contribution in [0.5, 0.6) is 0 Å². The number of hydrogen-bond donors (Lipinski definition) is 1. The molecule has 1 amide bonds. The summed E-state index contributed by atoms with van der Waals surface area (Å²) in [6.45, 7) is 1.66. The average molecular weight is 318 g/mol. The number of amides is 1. The maximum Gasteiger partial charge on any atom is 0.328 e. The fraction of sp³-hybridized carbons (Fsp3) is 0.529. The Kier molecular flexibility index (Phi) is 4.37. The monoisotopic (exact) mass is 318 g/mol. The summed E-state index contributed by atoms with van der Waals surface area (Å²) >= 11 is 0. The highest BCUT2D eigenvalue weighted by molar-refractivity contribution is 5.86. The van der Waals surface area contributed by atoms with Gasteiger partial charge in [0.05, 0.1) is 13.0 Å². The van der Waals surface area contributed by atoms with E-state index in [1.54, 1.807) is 0 Å². The lowest BCUT2D eigenvalue weighted by Crippen LogP contribution is -2.58. The van der Waals surface area contributed by atoms with Crippen molar-refractivity contribution in [1.29, 1.82) is 0 Å². The van der Waals surface area contributed by atoms with Crippen LogP contribution in [0, 0.1) is 0 Å². The van der Waals surface area contributed by atoms with E-state index in [-0.39, 0.29) is 18.9 Å². The summed E-state index contributed by atoms with van der Waals surface area (Å²) in [5.74, 6) is -1.17. The number of aliphatic carboxylic acids is 1. The molecule has 2 fully saturated rings. The lowest BCUT2D eigenvalue weighted by Gasteiger charge is -2.43. The summed E-state index contributed by atoms with van der Waals surface area (Å²) in [7, 11) is 2.02. The van der Waals surface area contributed by atoms with Crippen LogP contribution in [-0.4, -0.2) is 65.3 Å². The molecule has 2 saturated heterocycles. The van der Waals surface area contributed by atoms with Gasteiger partial charge in [0.2, 0.25) is 5.91 Å². The van der Waals surface area contributed by atoms with Crippen LogP contribution in [-0.2, 0) is 20.7 Å². The maximum absolute atomic E-state index is 12.9. The topological polar surface area (TPSA) is 70.1 Å². The zero-order valence-electron chi connectivity index (χ0n) is 13.3. The van der Waals surface area contributed by atoms with Gasteiger partial charge in [-0.15, -0.1) is 0 Å². The van der Waals surface area contributed by atoms with Gasteiger partial charge in [0.1, 0.15) is 5.72 Å². The Morgan fingerprint density at radius 2 is 1.91 bits per heavy atom. The number of carboxylic acid groups (broad SMARTS) is 1. The molecule has 0 saturated carbocycles. The number of carboxylic acids is 1. The minimum Gasteiger partial charge on any atom is -0.480 e. The predicted octanol–water partition coefficient (Wildman–Crippen LogP) is 0.963. The van der Waals surface area contributed by atoms with Crippen LogP contribution in [0.25, 0.3) is 0 Å². The molecule has 0 aromatic heterocycles. The number of piperidine rings is 1. The first-order chi connectivity index (χ1) is 11.0. The average Bonchev–Trinajstić information content (AvgIpc) is 2.91. The van der Waals surface area contributed by atoms with Gasteiger partial charge in [-0.1, -0.05) is 30.3 Å². The van der Waals surface area contributed by atoms with Gasteiger partial charge in [-0.25, -0.2) is 4.79 Å². The lowest BCUT2D eigenvalue weighted by molar-refractivity contribution is -0.164. The molecule has 1 N–H and O–H groups in total. The second-order valence-electron chi connectivity index (χ2n) is 6.34. The molecular weight excluding hydrogens is 296 g/mol. The summed E-state index contributed by atoms with van der Waals surface area (Å²) in [5.41, 5.74) is 0.123. The fourth-order valence-corrected chi connectivity index (χ4v) is 3.45. The number of hydrogen-bond acceptors (Lipinski definition) is 4. The molecular formula is C17H22N2O4. The molecule has 0 aliphatic carbocycles. The van der Waals surface area contributed by atoms with Crippen molar-refractivity contribution in [2.24, 2.45) is 0 Å². The highest BCUT2D eigenvalue weighted by Crippen LogP contribution is 2.37. The number of carbonyl (C=O) groups is 2. The van der Waals surface area contributed by atoms with Gasteiger partial charge in [0, 0.05) is 25.9 Å². The quantitative estimate of drug-likeness (QED) is 0.899. The maximum atomic E-state index is 12.9. The minimum atomic E-state index is -0.998. The molecule has 23 heavy (non-hydrogen) atoms. The third-order valence-electron chi connectivity index (χ3n) is 4.78. The summed E-state index contributed by atoms with van der Waals surface area (Å²) in [6.07, 6.45) is 1.49. The number of ether oxygens (including phenoxy) is 1. The molecule has 1 aromatic carbocycles. The van der Waals surface area contributed by atoms with Crippen LogP contribution >= 0.6 is 0 Å². The van der Waals surface area contributed by atoms with Crippen LogP contribution in [0.1, 0.15) is 18.4 Å². The van der Waals surface area contributed by atoms with Crippen molar-refractivity contribution in [2.75, 3.05) is 26.7 Å². The van der Waals surface area contributed by atoms with Gasteiger partial charge in [-0.3, -0.25) is 9.69 Å². The Bertz CT molecular complexity index is 582. The van der Waals surface area contributed by atoms with Crippen molar-refractivity contribution < 1.29 is 19.4 Å². The standard InChI is InChI=1S/C17H22N2O4/c1-18-9-7-17(8-10-18)19(14(12-23-17)16(21)22)15(20)11-13-5-3-2-4-6-13/h2-6,14H,7-12H2,1H3,(H,21,22)/t14-/m1/s1. The number of benzene rings is 1. The minimum absolute atomic E-state index is 0.0690. The molecule has 2 heterocycles. The van der Waals surface area contributed by atoms with Crippen LogP contribution in [0.3, 0.4) is 0 Å². The molecule has 2 aliphatic heterocycles. The summed E-state index contributed by atoms with van der Waals surface area (Å²) in [5, 5.41) is 9.48. The molecule has 1 atom stereocenters. The number of carbonyl (C=O) groups excluding carboxylic acids is 1. The van der Waals surface area contributed by atoms with Crippen LogP contribution in [0.15, 0.2) is 30.3 Å². The number of nitrogens with zero attached hydrogens (tertiary/aromatic N) is 2. The van der Waals surface area contributed by atoms with Gasteiger partial charge >= 0.3 is 5.97 Å². The van der Waals surface area contributed by atoms with E-state index in [2.05, 4.69) is 4.90 Å². The normalized spacial score (nSPS) is 24.0. The van der Waals surface area contributed by atoms with Crippen molar-refractivity contribution >= 4 is 11.9 Å². The molecule has 3 rings (SSSR count). The van der Waals surface area contributed by atoms with Gasteiger partial charge in [0.25, 0.3) is 0 Å². The Balaban J connectivity index is 1.84. The second-order valence-corrected chi connectivity index (χ2v) is 6.34. The fourth-order valence-electron chi connectivity index (χ4n) is 3.45. The Hall–Kier alpha value is -1.92. The van der Waals surface area contributed by atoms with E-state index in [4.69, 9.17) is 4.74 Å². The zero-order valence-corrected chi connectivity index (χ0v) is 13.3. The SMILES string of the molecule is CN1CCC2(CC1)OC[C@H](C(=O)O)N2C(=O)Cc1ccccc1. The second kappa shape index (κ2) is 6.29. The smallest absolute Gasteiger partial charge is 0.328 e. The third-order valence-corrected chi connectivity index (χ3v) is 4.78. The van der Waals surface area contributed by atoms with Crippen LogP contribution < -0.4 is 0 Å². The van der Waals surface area contributed by atoms with Crippen molar-refractivity contribution in [2.45, 2.75) is 31.0 Å². The number of likely N-dealkylation sites (tertiary alicyclic amines) is 1. The molecule has 0 radical (unpaired) electrons. The molecule has 2 aliphatic rings. The van der Waals surface area contributed by atoms with Crippen molar-refractivity contribution in [3.63, 3.8) is 0 Å². The van der Waals surface area contributed by atoms with Crippen LogP contribution in [0.4, 0.5) is 0 Å². The van der Waals surface area contributed by atoms with Crippen molar-refractivity contribution in [3.8, 4) is 0 Å². The molecule has 1 spiro atoms. The highest BCUT2D eigenvalue weighted by Gasteiger charge is 2.53. The van der Waals surface area contributed by atoms with Crippen molar-refractivity contribution in [3.05, 3.63) is 35.9 Å². The van der Waals surface area contributed by atoms with Crippen molar-refractivity contribution in [1.82, 2.24) is 9.80 Å². The van der Waals surface area contributed by atoms with E-state index in [1.165, 1.54) is 4.90 Å². The van der Waals surface area contributed by atoms with Gasteiger partial charge in [-0.2, -0.15) is 0 Å². The molecule has 6 heteroatoms. The van der Waals surface area contributed by atoms with Gasteiger partial charge in [-0.05, 0) is 12.6 Å². The molecule has 0 unspecified atom stereocenters. The van der Waals surface area contributed by atoms with E-state index in [0.29, 0.717) is 12.8 Å². The highest BCUT2D eigenvalue weighted by atomic mass is 16.5. The third kappa shape index (κ3) is 3.09. The molecule has 124 valence electrons. The van der Waals surface area contributed by atoms with Gasteiger partial charge < -0.3 is 14.7 Å². The first-order valence-corrected chi connectivity index (χ1v) is 7.93. The first kappa shape index (κ1) is 16.0. The molecule has 1 aromatic rings. The van der Waals surface area contributed by atoms with E-state index in [9.17, 15) is 14.7 Å². The Morgan fingerprint density at radius 3 is 2.52 bits per heavy atom. The zero-order chi connectivity index (χ0) is 16.4. The summed E-state index contributed by atoms with van der Waals surface area (Å²) in [6, 6.07) is 8.52. The van der Waals surface area contributed by atoms with E-state index >= 15 is 0 Å². The Labute approximate surface area is 135 Å². The molecule has 0 bridgehead atoms. The first-order valence-electron chi connectivity index (χ1n) is 7.93.